The van der Waals surface area contributed by atoms with Crippen molar-refractivity contribution in [2.45, 2.75) is 2.33 Å². The van der Waals surface area contributed by atoms with Crippen LogP contribution in [0.2, 0.25) is 0 Å². The molecule has 0 aromatic heterocycles. The lowest BCUT2D eigenvalue weighted by molar-refractivity contribution is 1.71. The lowest BCUT2D eigenvalue weighted by Gasteiger charge is -1.83. The van der Waals surface area contributed by atoms with E-state index in [0.717, 1.165) is 0 Å². The molecule has 0 aliphatic heterocycles. The number of hydrogen-bond acceptors (Lipinski definition) is 0. The van der Waals surface area contributed by atoms with Crippen LogP contribution in [-0.2, 0) is 0 Å². The number of halogens is 2. The van der Waals surface area contributed by atoms with E-state index >= 15 is 0 Å². The molecule has 0 nitrogen and oxygen atoms in total. The van der Waals surface area contributed by atoms with Gasteiger partial charge in [0.25, 0.3) is 0 Å². The minimum atomic E-state index is 0.282. The van der Waals surface area contributed by atoms with Gasteiger partial charge in [-0.15, -0.1) is 0 Å². The van der Waals surface area contributed by atoms with Crippen LogP contribution < -0.4 is 0 Å². The van der Waals surface area contributed by atoms with Gasteiger partial charge in [0.1, 0.15) is 2.33 Å². The van der Waals surface area contributed by atoms with Crippen LogP contribution in [0.1, 0.15) is 0 Å². The van der Waals surface area contributed by atoms with Crippen LogP contribution in [0, 0.1) is 0 Å². The highest BCUT2D eigenvalue weighted by Crippen LogP contribution is 2.40. The van der Waals surface area contributed by atoms with E-state index in [1.54, 1.807) is 0 Å². The fourth-order valence-corrected chi connectivity index (χ4v) is 0.375. The molecule has 0 bridgehead atoms. The highest BCUT2D eigenvalue weighted by atomic mass is 127. The summed E-state index contributed by atoms with van der Waals surface area (Å²) in [6.07, 6.45) is 4.18. The second-order valence-electron chi connectivity index (χ2n) is 1.01. The summed E-state index contributed by atoms with van der Waals surface area (Å²) < 4.78 is 0.282. The molecule has 0 fully saturated rings. The SMILES string of the molecule is BrC1(I)C=C1. The molecule has 0 aromatic carbocycles. The maximum atomic E-state index is 3.36. The van der Waals surface area contributed by atoms with Crippen LogP contribution >= 0.6 is 38.5 Å². The molecule has 0 saturated heterocycles. The molecule has 0 heterocycles. The summed E-state index contributed by atoms with van der Waals surface area (Å²) >= 11 is 5.66. The Morgan fingerprint density at radius 1 is 1.60 bits per heavy atom. The first-order valence-electron chi connectivity index (χ1n) is 1.29. The zero-order valence-corrected chi connectivity index (χ0v) is 6.15. The van der Waals surface area contributed by atoms with E-state index in [9.17, 15) is 0 Å². The maximum Gasteiger partial charge on any atom is 0.113 e. The molecule has 28 valence electrons. The van der Waals surface area contributed by atoms with E-state index in [0.29, 0.717) is 0 Å². The summed E-state index contributed by atoms with van der Waals surface area (Å²) in [6.45, 7) is 0. The van der Waals surface area contributed by atoms with Gasteiger partial charge in [0, 0.05) is 0 Å². The molecular formula is C3H2BrI. The van der Waals surface area contributed by atoms with Crippen LogP contribution in [0.5, 0.6) is 0 Å². The molecule has 0 N–H and O–H groups in total. The molecular weight excluding hydrogens is 243 g/mol. The monoisotopic (exact) mass is 244 g/mol. The van der Waals surface area contributed by atoms with Crippen molar-refractivity contribution < 1.29 is 0 Å². The standard InChI is InChI=1S/C3H2BrI/c4-3(5)1-2-3/h1-2H. The van der Waals surface area contributed by atoms with E-state index < -0.39 is 0 Å². The average molecular weight is 245 g/mol. The van der Waals surface area contributed by atoms with E-state index in [1.807, 2.05) is 0 Å². The Hall–Kier alpha value is 0.950. The maximum absolute atomic E-state index is 3.36. The predicted octanol–water partition coefficient (Wildman–Crippen LogP) is 2.08. The molecule has 0 atom stereocenters. The van der Waals surface area contributed by atoms with Gasteiger partial charge < -0.3 is 0 Å². The van der Waals surface area contributed by atoms with Gasteiger partial charge in [-0.05, 0) is 0 Å². The van der Waals surface area contributed by atoms with Gasteiger partial charge in [-0.2, -0.15) is 0 Å². The first kappa shape index (κ1) is 4.12. The smallest absolute Gasteiger partial charge is 0.0644 e. The Kier molecular flexibility index (Phi) is 0.794. The van der Waals surface area contributed by atoms with E-state index in [2.05, 4.69) is 50.7 Å². The lowest BCUT2D eigenvalue weighted by Crippen LogP contribution is -1.74. The molecule has 1 aliphatic rings. The zero-order valence-electron chi connectivity index (χ0n) is 2.41. The first-order valence-corrected chi connectivity index (χ1v) is 3.16. The van der Waals surface area contributed by atoms with E-state index in [1.165, 1.54) is 0 Å². The van der Waals surface area contributed by atoms with Crippen molar-refractivity contribution in [3.05, 3.63) is 12.2 Å². The summed E-state index contributed by atoms with van der Waals surface area (Å²) in [5, 5.41) is 0. The zero-order chi connectivity index (χ0) is 3.91. The van der Waals surface area contributed by atoms with Crippen molar-refractivity contribution in [1.82, 2.24) is 0 Å². The topological polar surface area (TPSA) is 0 Å². The van der Waals surface area contributed by atoms with Crippen LogP contribution in [0.15, 0.2) is 12.2 Å². The van der Waals surface area contributed by atoms with Gasteiger partial charge in [-0.3, -0.25) is 0 Å². The Bertz CT molecular complexity index is 67.0. The first-order chi connectivity index (χ1) is 2.21. The molecule has 0 unspecified atom stereocenters. The van der Waals surface area contributed by atoms with Crippen molar-refractivity contribution in [1.29, 1.82) is 0 Å². The molecule has 1 aliphatic carbocycles. The van der Waals surface area contributed by atoms with Crippen LogP contribution in [-0.4, -0.2) is 2.33 Å². The normalized spacial score (nSPS) is 26.8. The molecule has 1 rings (SSSR count). The van der Waals surface area contributed by atoms with Crippen LogP contribution in [0.25, 0.3) is 0 Å². The Balaban J connectivity index is 2.47. The number of allylic oxidation sites excluding steroid dienone is 2. The molecule has 0 spiro atoms. The van der Waals surface area contributed by atoms with Gasteiger partial charge in [-0.25, -0.2) is 0 Å². The van der Waals surface area contributed by atoms with Crippen molar-refractivity contribution in [3.63, 3.8) is 0 Å². The summed E-state index contributed by atoms with van der Waals surface area (Å²) in [5.41, 5.74) is 0. The molecule has 0 amide bonds. The second-order valence-corrected chi connectivity index (χ2v) is 5.59. The second kappa shape index (κ2) is 0.964. The summed E-state index contributed by atoms with van der Waals surface area (Å²) in [7, 11) is 0. The lowest BCUT2D eigenvalue weighted by atomic mass is 10.9. The Morgan fingerprint density at radius 2 is 1.80 bits per heavy atom. The van der Waals surface area contributed by atoms with E-state index in [-0.39, 0.29) is 2.33 Å². The minimum Gasteiger partial charge on any atom is -0.0644 e. The number of hydrogen-bond donors (Lipinski definition) is 0. The number of alkyl halides is 2. The van der Waals surface area contributed by atoms with Gasteiger partial charge in [0.15, 0.2) is 0 Å². The quantitative estimate of drug-likeness (QED) is 0.348. The van der Waals surface area contributed by atoms with Crippen LogP contribution in [0.3, 0.4) is 0 Å². The van der Waals surface area contributed by atoms with Crippen molar-refractivity contribution in [2.24, 2.45) is 0 Å². The van der Waals surface area contributed by atoms with Gasteiger partial charge in [0.05, 0.1) is 0 Å². The fraction of sp³-hybridized carbons (Fsp3) is 0.333. The third-order valence-corrected chi connectivity index (χ3v) is 1.67. The third-order valence-electron chi connectivity index (χ3n) is 0.419. The summed E-state index contributed by atoms with van der Waals surface area (Å²) in [6, 6.07) is 0. The average Bonchev–Trinajstić information content (AvgIpc) is 1.76. The third kappa shape index (κ3) is 1.22. The highest BCUT2D eigenvalue weighted by molar-refractivity contribution is 14.1. The molecule has 5 heavy (non-hydrogen) atoms. The molecule has 0 radical (unpaired) electrons. The molecule has 0 saturated carbocycles. The molecule has 0 aromatic rings. The van der Waals surface area contributed by atoms with Gasteiger partial charge in [-0.1, -0.05) is 50.7 Å². The van der Waals surface area contributed by atoms with Crippen molar-refractivity contribution in [2.75, 3.05) is 0 Å². The predicted molar refractivity (Wildman–Crippen MR) is 34.8 cm³/mol. The molecule has 2 heteroatoms. The Morgan fingerprint density at radius 3 is 1.80 bits per heavy atom. The van der Waals surface area contributed by atoms with Crippen molar-refractivity contribution >= 4 is 38.5 Å². The van der Waals surface area contributed by atoms with Gasteiger partial charge >= 0.3 is 0 Å². The largest absolute Gasteiger partial charge is 0.113 e. The van der Waals surface area contributed by atoms with E-state index in [4.69, 9.17) is 0 Å². The number of rotatable bonds is 0. The van der Waals surface area contributed by atoms with Crippen molar-refractivity contribution in [3.8, 4) is 0 Å². The minimum absolute atomic E-state index is 0.282. The van der Waals surface area contributed by atoms with Crippen LogP contribution in [0.4, 0.5) is 0 Å². The van der Waals surface area contributed by atoms with Gasteiger partial charge in [0.2, 0.25) is 0 Å². The Labute approximate surface area is 52.9 Å². The summed E-state index contributed by atoms with van der Waals surface area (Å²) in [4.78, 5) is 0. The fourth-order valence-electron chi connectivity index (χ4n) is 0.0630. The summed E-state index contributed by atoms with van der Waals surface area (Å²) in [5.74, 6) is 0. The highest BCUT2D eigenvalue weighted by Gasteiger charge is 2.24.